The number of piperidine rings is 1. The number of aryl methyl sites for hydroxylation is 1. The van der Waals surface area contributed by atoms with Gasteiger partial charge in [0.15, 0.2) is 5.76 Å². The Balaban J connectivity index is 1.85. The molecule has 20 heavy (non-hydrogen) atoms. The number of carbonyl (C=O) groups is 1. The normalized spacial score (nSPS) is 20.2. The van der Waals surface area contributed by atoms with Crippen molar-refractivity contribution in [2.75, 3.05) is 20.1 Å². The van der Waals surface area contributed by atoms with Gasteiger partial charge in [-0.05, 0) is 40.2 Å². The molecule has 0 N–H and O–H groups in total. The first-order chi connectivity index (χ1) is 9.45. The molecule has 5 nitrogen and oxygen atoms in total. The molecule has 1 aromatic heterocycles. The van der Waals surface area contributed by atoms with Crippen LogP contribution in [0.2, 0.25) is 0 Å². The molecule has 0 spiro atoms. The molecule has 0 radical (unpaired) electrons. The van der Waals surface area contributed by atoms with Crippen molar-refractivity contribution < 1.29 is 9.32 Å². The Morgan fingerprint density at radius 3 is 2.90 bits per heavy atom. The van der Waals surface area contributed by atoms with Crippen LogP contribution in [0, 0.1) is 12.8 Å². The van der Waals surface area contributed by atoms with Crippen LogP contribution in [0.25, 0.3) is 0 Å². The number of hydrogen-bond acceptors (Lipinski definition) is 4. The molecule has 0 aromatic carbocycles. The highest BCUT2D eigenvalue weighted by atomic mass is 16.5. The summed E-state index contributed by atoms with van der Waals surface area (Å²) in [5, 5.41) is 3.91. The summed E-state index contributed by atoms with van der Waals surface area (Å²) in [7, 11) is 2.09. The van der Waals surface area contributed by atoms with Gasteiger partial charge in [-0.3, -0.25) is 9.69 Å². The van der Waals surface area contributed by atoms with Crippen molar-refractivity contribution in [1.29, 1.82) is 0 Å². The van der Waals surface area contributed by atoms with E-state index in [4.69, 9.17) is 4.52 Å². The van der Waals surface area contributed by atoms with Gasteiger partial charge in [-0.15, -0.1) is 0 Å². The van der Waals surface area contributed by atoms with Crippen LogP contribution in [0.1, 0.15) is 38.1 Å². The van der Waals surface area contributed by atoms with Gasteiger partial charge in [0.1, 0.15) is 0 Å². The Kier molecular flexibility index (Phi) is 4.81. The number of likely N-dealkylation sites (tertiary alicyclic amines) is 1. The molecule has 0 saturated carbocycles. The molecule has 112 valence electrons. The van der Waals surface area contributed by atoms with Crippen LogP contribution in [-0.4, -0.2) is 47.0 Å². The zero-order chi connectivity index (χ0) is 14.7. The second kappa shape index (κ2) is 6.39. The quantitative estimate of drug-likeness (QED) is 0.828. The molecule has 1 aliphatic rings. The van der Waals surface area contributed by atoms with E-state index in [1.54, 1.807) is 0 Å². The third-order valence-corrected chi connectivity index (χ3v) is 3.84. The van der Waals surface area contributed by atoms with Gasteiger partial charge in [-0.2, -0.15) is 0 Å². The van der Waals surface area contributed by atoms with Crippen LogP contribution in [0.5, 0.6) is 0 Å². The first-order valence-electron chi connectivity index (χ1n) is 7.36. The second-order valence-corrected chi connectivity index (χ2v) is 6.18. The molecule has 1 aliphatic heterocycles. The van der Waals surface area contributed by atoms with Crippen molar-refractivity contribution in [3.8, 4) is 0 Å². The summed E-state index contributed by atoms with van der Waals surface area (Å²) in [5.74, 6) is 1.74. The van der Waals surface area contributed by atoms with E-state index in [1.165, 1.54) is 0 Å². The molecule has 2 rings (SSSR count). The second-order valence-electron chi connectivity index (χ2n) is 6.18. The van der Waals surface area contributed by atoms with E-state index < -0.39 is 0 Å². The topological polar surface area (TPSA) is 49.6 Å². The van der Waals surface area contributed by atoms with Gasteiger partial charge >= 0.3 is 0 Å². The zero-order valence-corrected chi connectivity index (χ0v) is 12.9. The van der Waals surface area contributed by atoms with Crippen molar-refractivity contribution >= 4 is 5.91 Å². The summed E-state index contributed by atoms with van der Waals surface area (Å²) < 4.78 is 5.24. The maximum Gasteiger partial charge on any atom is 0.222 e. The Morgan fingerprint density at radius 2 is 2.30 bits per heavy atom. The standard InChI is InChI=1S/C15H25N3O2/c1-11(2)18-9-13(5-6-15(18)19)8-17(4)10-14-7-12(3)16-20-14/h7,11,13H,5-6,8-10H2,1-4H3. The molecule has 1 aromatic rings. The van der Waals surface area contributed by atoms with Crippen molar-refractivity contribution in [2.24, 2.45) is 5.92 Å². The first-order valence-corrected chi connectivity index (χ1v) is 7.36. The van der Waals surface area contributed by atoms with Gasteiger partial charge in [0, 0.05) is 31.6 Å². The Morgan fingerprint density at radius 1 is 1.55 bits per heavy atom. The minimum Gasteiger partial charge on any atom is -0.360 e. The summed E-state index contributed by atoms with van der Waals surface area (Å²) in [6.45, 7) is 8.72. The fraction of sp³-hybridized carbons (Fsp3) is 0.733. The Bertz CT molecular complexity index is 456. The minimum atomic E-state index is 0.296. The monoisotopic (exact) mass is 279 g/mol. The van der Waals surface area contributed by atoms with Crippen LogP contribution in [0.3, 0.4) is 0 Å². The Labute approximate surface area is 120 Å². The van der Waals surface area contributed by atoms with Gasteiger partial charge in [-0.1, -0.05) is 5.16 Å². The van der Waals surface area contributed by atoms with E-state index in [9.17, 15) is 4.79 Å². The average molecular weight is 279 g/mol. The van der Waals surface area contributed by atoms with Crippen LogP contribution < -0.4 is 0 Å². The molecular formula is C15H25N3O2. The predicted octanol–water partition coefficient (Wildman–Crippen LogP) is 2.06. The molecule has 2 heterocycles. The van der Waals surface area contributed by atoms with Crippen LogP contribution in [0.4, 0.5) is 0 Å². The van der Waals surface area contributed by atoms with E-state index in [-0.39, 0.29) is 0 Å². The van der Waals surface area contributed by atoms with Gasteiger partial charge in [0.2, 0.25) is 5.91 Å². The molecule has 1 amide bonds. The number of nitrogens with zero attached hydrogens (tertiary/aromatic N) is 3. The summed E-state index contributed by atoms with van der Waals surface area (Å²) in [6.07, 6.45) is 1.67. The van der Waals surface area contributed by atoms with Crippen LogP contribution in [-0.2, 0) is 11.3 Å². The highest BCUT2D eigenvalue weighted by Gasteiger charge is 2.27. The van der Waals surface area contributed by atoms with Crippen molar-refractivity contribution in [3.63, 3.8) is 0 Å². The van der Waals surface area contributed by atoms with Crippen LogP contribution in [0.15, 0.2) is 10.6 Å². The molecule has 0 aliphatic carbocycles. The number of amides is 1. The maximum absolute atomic E-state index is 11.8. The van der Waals surface area contributed by atoms with E-state index in [0.717, 1.165) is 37.5 Å². The van der Waals surface area contributed by atoms with Gasteiger partial charge in [0.05, 0.1) is 12.2 Å². The largest absolute Gasteiger partial charge is 0.360 e. The number of hydrogen-bond donors (Lipinski definition) is 0. The average Bonchev–Trinajstić information content (AvgIpc) is 2.76. The highest BCUT2D eigenvalue weighted by molar-refractivity contribution is 5.77. The van der Waals surface area contributed by atoms with E-state index in [1.807, 2.05) is 17.9 Å². The minimum absolute atomic E-state index is 0.296. The maximum atomic E-state index is 11.8. The summed E-state index contributed by atoms with van der Waals surface area (Å²) in [5.41, 5.74) is 0.919. The summed E-state index contributed by atoms with van der Waals surface area (Å²) >= 11 is 0. The Hall–Kier alpha value is -1.36. The van der Waals surface area contributed by atoms with E-state index in [0.29, 0.717) is 24.3 Å². The molecule has 0 bridgehead atoms. The fourth-order valence-electron chi connectivity index (χ4n) is 2.85. The van der Waals surface area contributed by atoms with Crippen molar-refractivity contribution in [2.45, 2.75) is 46.2 Å². The SMILES string of the molecule is Cc1cc(CN(C)CC2CCC(=O)N(C(C)C)C2)on1. The fourth-order valence-corrected chi connectivity index (χ4v) is 2.85. The highest BCUT2D eigenvalue weighted by Crippen LogP contribution is 2.21. The van der Waals surface area contributed by atoms with Crippen molar-refractivity contribution in [3.05, 3.63) is 17.5 Å². The molecule has 5 heteroatoms. The number of aromatic nitrogens is 1. The number of rotatable bonds is 5. The lowest BCUT2D eigenvalue weighted by Crippen LogP contribution is -2.46. The predicted molar refractivity (Wildman–Crippen MR) is 77.1 cm³/mol. The van der Waals surface area contributed by atoms with E-state index in [2.05, 4.69) is 31.0 Å². The lowest BCUT2D eigenvalue weighted by atomic mass is 9.96. The molecule has 1 atom stereocenters. The van der Waals surface area contributed by atoms with Crippen LogP contribution >= 0.6 is 0 Å². The number of carbonyl (C=O) groups excluding carboxylic acids is 1. The third-order valence-electron chi connectivity index (χ3n) is 3.84. The molecule has 1 saturated heterocycles. The molecule has 1 fully saturated rings. The smallest absolute Gasteiger partial charge is 0.222 e. The lowest BCUT2D eigenvalue weighted by molar-refractivity contribution is -0.136. The molecular weight excluding hydrogens is 254 g/mol. The molecule has 1 unspecified atom stereocenters. The zero-order valence-electron chi connectivity index (χ0n) is 12.9. The van der Waals surface area contributed by atoms with Crippen molar-refractivity contribution in [1.82, 2.24) is 15.0 Å². The van der Waals surface area contributed by atoms with Gasteiger partial charge in [-0.25, -0.2) is 0 Å². The van der Waals surface area contributed by atoms with Gasteiger partial charge in [0.25, 0.3) is 0 Å². The summed E-state index contributed by atoms with van der Waals surface area (Å²) in [6, 6.07) is 2.27. The van der Waals surface area contributed by atoms with E-state index >= 15 is 0 Å². The van der Waals surface area contributed by atoms with Gasteiger partial charge < -0.3 is 9.42 Å². The lowest BCUT2D eigenvalue weighted by Gasteiger charge is -2.36. The third kappa shape index (κ3) is 3.82. The summed E-state index contributed by atoms with van der Waals surface area (Å²) in [4.78, 5) is 16.1. The first kappa shape index (κ1) is 15.0.